The van der Waals surface area contributed by atoms with Crippen LogP contribution in [0.3, 0.4) is 0 Å². The number of nitrogens with zero attached hydrogens (tertiary/aromatic N) is 1. The molecule has 0 heterocycles. The fourth-order valence-corrected chi connectivity index (χ4v) is 5.06. The van der Waals surface area contributed by atoms with Crippen molar-refractivity contribution in [1.82, 2.24) is 4.31 Å². The Labute approximate surface area is 187 Å². The number of hydrogen-bond acceptors (Lipinski definition) is 5. The molecule has 0 aliphatic rings. The molecule has 3 aromatic rings. The summed E-state index contributed by atoms with van der Waals surface area (Å²) < 4.78 is 33.1. The average Bonchev–Trinajstić information content (AvgIpc) is 2.79. The second kappa shape index (κ2) is 9.76. The molecule has 0 bridgehead atoms. The van der Waals surface area contributed by atoms with Crippen LogP contribution < -0.4 is 5.73 Å². The predicted molar refractivity (Wildman–Crippen MR) is 120 cm³/mol. The molecular formula is C24H24N2O5S. The fourth-order valence-electron chi connectivity index (χ4n) is 3.38. The molecule has 0 aliphatic carbocycles. The zero-order valence-corrected chi connectivity index (χ0v) is 18.6. The van der Waals surface area contributed by atoms with Crippen LogP contribution >= 0.6 is 0 Å². The molecule has 2 N–H and O–H groups in total. The van der Waals surface area contributed by atoms with Crippen LogP contribution in [0.4, 0.5) is 0 Å². The van der Waals surface area contributed by atoms with Crippen molar-refractivity contribution >= 4 is 21.9 Å². The predicted octanol–water partition coefficient (Wildman–Crippen LogP) is 3.20. The monoisotopic (exact) mass is 452 g/mol. The lowest BCUT2D eigenvalue weighted by Crippen LogP contribution is -2.41. The van der Waals surface area contributed by atoms with Gasteiger partial charge in [-0.2, -0.15) is 4.31 Å². The normalized spacial score (nSPS) is 12.3. The van der Waals surface area contributed by atoms with Gasteiger partial charge in [0.25, 0.3) is 0 Å². The third-order valence-electron chi connectivity index (χ3n) is 4.98. The molecule has 0 aromatic heterocycles. The van der Waals surface area contributed by atoms with E-state index in [2.05, 4.69) is 0 Å². The number of carbonyl (C=O) groups is 2. The van der Waals surface area contributed by atoms with Crippen molar-refractivity contribution in [1.29, 1.82) is 0 Å². The molecule has 32 heavy (non-hydrogen) atoms. The van der Waals surface area contributed by atoms with E-state index in [4.69, 9.17) is 10.5 Å². The van der Waals surface area contributed by atoms with Crippen LogP contribution in [0.15, 0.2) is 83.8 Å². The van der Waals surface area contributed by atoms with Crippen LogP contribution in [0.25, 0.3) is 0 Å². The number of sulfonamides is 1. The Bertz CT molecular complexity index is 1210. The maximum absolute atomic E-state index is 13.7. The molecule has 8 heteroatoms. The number of methoxy groups -OCH3 is 1. The summed E-state index contributed by atoms with van der Waals surface area (Å²) in [5, 5.41) is 0. The van der Waals surface area contributed by atoms with Crippen molar-refractivity contribution in [3.63, 3.8) is 0 Å². The summed E-state index contributed by atoms with van der Waals surface area (Å²) in [5.41, 5.74) is 7.84. The van der Waals surface area contributed by atoms with E-state index in [9.17, 15) is 18.0 Å². The zero-order chi connectivity index (χ0) is 23.3. The third-order valence-corrected chi connectivity index (χ3v) is 6.79. The Morgan fingerprint density at radius 3 is 2.19 bits per heavy atom. The van der Waals surface area contributed by atoms with Gasteiger partial charge in [0.05, 0.1) is 17.6 Å². The highest BCUT2D eigenvalue weighted by molar-refractivity contribution is 7.89. The number of benzene rings is 3. The summed E-state index contributed by atoms with van der Waals surface area (Å²) in [5.74, 6) is -1.29. The smallest absolute Gasteiger partial charge is 0.337 e. The Kier molecular flexibility index (Phi) is 7.07. The topological polar surface area (TPSA) is 107 Å². The van der Waals surface area contributed by atoms with Crippen LogP contribution in [0, 0.1) is 6.92 Å². The Balaban J connectivity index is 2.10. The van der Waals surface area contributed by atoms with Gasteiger partial charge in [0.1, 0.15) is 6.04 Å². The largest absolute Gasteiger partial charge is 0.465 e. The first-order chi connectivity index (χ1) is 15.2. The van der Waals surface area contributed by atoms with E-state index in [0.29, 0.717) is 16.7 Å². The summed E-state index contributed by atoms with van der Waals surface area (Å²) in [7, 11) is -2.82. The third kappa shape index (κ3) is 5.04. The van der Waals surface area contributed by atoms with Crippen molar-refractivity contribution in [3.05, 3.63) is 101 Å². The number of esters is 1. The highest BCUT2D eigenvalue weighted by atomic mass is 32.2. The van der Waals surface area contributed by atoms with Gasteiger partial charge in [0, 0.05) is 6.54 Å². The molecule has 0 spiro atoms. The van der Waals surface area contributed by atoms with Gasteiger partial charge >= 0.3 is 5.97 Å². The lowest BCUT2D eigenvalue weighted by molar-refractivity contribution is -0.122. The minimum absolute atomic E-state index is 0.0610. The molecule has 0 fully saturated rings. The number of carbonyl (C=O) groups excluding carboxylic acids is 2. The molecule has 3 aromatic carbocycles. The SMILES string of the molecule is COC(=O)c1ccc(CN(C(C(N)=O)c2ccccc2)S(=O)(=O)c2cccc(C)c2)cc1. The molecule has 1 amide bonds. The van der Waals surface area contributed by atoms with E-state index in [-0.39, 0.29) is 11.4 Å². The molecule has 1 atom stereocenters. The van der Waals surface area contributed by atoms with Crippen molar-refractivity contribution in [2.24, 2.45) is 5.73 Å². The summed E-state index contributed by atoms with van der Waals surface area (Å²) in [6.07, 6.45) is 0. The van der Waals surface area contributed by atoms with Gasteiger partial charge < -0.3 is 10.5 Å². The molecule has 0 radical (unpaired) electrons. The Hall–Kier alpha value is -3.49. The first kappa shape index (κ1) is 23.2. The van der Waals surface area contributed by atoms with Crippen LogP contribution in [-0.4, -0.2) is 31.7 Å². The number of nitrogens with two attached hydrogens (primary N) is 1. The average molecular weight is 453 g/mol. The Morgan fingerprint density at radius 1 is 0.969 bits per heavy atom. The van der Waals surface area contributed by atoms with E-state index >= 15 is 0 Å². The summed E-state index contributed by atoms with van der Waals surface area (Å²) >= 11 is 0. The number of hydrogen-bond donors (Lipinski definition) is 1. The van der Waals surface area contributed by atoms with Gasteiger partial charge in [-0.05, 0) is 47.9 Å². The van der Waals surface area contributed by atoms with Gasteiger partial charge in [-0.1, -0.05) is 54.6 Å². The van der Waals surface area contributed by atoms with Crippen molar-refractivity contribution in [2.75, 3.05) is 7.11 Å². The minimum Gasteiger partial charge on any atom is -0.465 e. The second-order valence-corrected chi connectivity index (χ2v) is 9.16. The number of primary amides is 1. The number of aryl methyl sites for hydroxylation is 1. The van der Waals surface area contributed by atoms with Crippen LogP contribution in [0.2, 0.25) is 0 Å². The molecule has 0 aliphatic heterocycles. The first-order valence-corrected chi connectivity index (χ1v) is 11.3. The van der Waals surface area contributed by atoms with Gasteiger partial charge in [-0.3, -0.25) is 4.79 Å². The highest BCUT2D eigenvalue weighted by Gasteiger charge is 2.36. The van der Waals surface area contributed by atoms with Gasteiger partial charge in [0.15, 0.2) is 0 Å². The van der Waals surface area contributed by atoms with Gasteiger partial charge in [-0.25, -0.2) is 13.2 Å². The van der Waals surface area contributed by atoms with E-state index < -0.39 is 27.9 Å². The summed E-state index contributed by atoms with van der Waals surface area (Å²) in [6.45, 7) is 1.66. The highest BCUT2D eigenvalue weighted by Crippen LogP contribution is 2.30. The van der Waals surface area contributed by atoms with Crippen molar-refractivity contribution in [3.8, 4) is 0 Å². The van der Waals surface area contributed by atoms with E-state index in [1.54, 1.807) is 79.7 Å². The summed E-state index contributed by atoms with van der Waals surface area (Å²) in [4.78, 5) is 24.3. The standard InChI is InChI=1S/C24H24N2O5S/c1-17-7-6-10-21(15-17)32(29,30)26(22(23(25)27)19-8-4-3-5-9-19)16-18-11-13-20(14-12-18)24(28)31-2/h3-15,22H,16H2,1-2H3,(H2,25,27). The Morgan fingerprint density at radius 2 is 1.62 bits per heavy atom. The van der Waals surface area contributed by atoms with Gasteiger partial charge in [-0.15, -0.1) is 0 Å². The van der Waals surface area contributed by atoms with Crippen LogP contribution in [-0.2, 0) is 26.1 Å². The number of ether oxygens (including phenoxy) is 1. The lowest BCUT2D eigenvalue weighted by Gasteiger charge is -2.29. The lowest BCUT2D eigenvalue weighted by atomic mass is 10.1. The molecular weight excluding hydrogens is 428 g/mol. The molecule has 3 rings (SSSR count). The van der Waals surface area contributed by atoms with Crippen molar-refractivity contribution < 1.29 is 22.7 Å². The number of rotatable bonds is 8. The quantitative estimate of drug-likeness (QED) is 0.528. The van der Waals surface area contributed by atoms with E-state index in [1.807, 2.05) is 0 Å². The maximum Gasteiger partial charge on any atom is 0.337 e. The number of amides is 1. The van der Waals surface area contributed by atoms with E-state index in [1.165, 1.54) is 13.2 Å². The molecule has 7 nitrogen and oxygen atoms in total. The second-order valence-electron chi connectivity index (χ2n) is 7.27. The molecule has 1 unspecified atom stereocenters. The molecule has 0 saturated heterocycles. The molecule has 0 saturated carbocycles. The zero-order valence-electron chi connectivity index (χ0n) is 17.8. The summed E-state index contributed by atoms with van der Waals surface area (Å²) in [6, 6.07) is 20.1. The maximum atomic E-state index is 13.7. The molecule has 166 valence electrons. The van der Waals surface area contributed by atoms with Crippen LogP contribution in [0.1, 0.15) is 33.1 Å². The van der Waals surface area contributed by atoms with Crippen LogP contribution in [0.5, 0.6) is 0 Å². The first-order valence-electron chi connectivity index (χ1n) is 9.84. The van der Waals surface area contributed by atoms with E-state index in [0.717, 1.165) is 9.87 Å². The van der Waals surface area contributed by atoms with Crippen molar-refractivity contribution in [2.45, 2.75) is 24.4 Å². The van der Waals surface area contributed by atoms with Gasteiger partial charge in [0.2, 0.25) is 15.9 Å². The minimum atomic E-state index is -4.10. The fraction of sp³-hybridized carbons (Fsp3) is 0.167.